The highest BCUT2D eigenvalue weighted by Gasteiger charge is 2.25. The van der Waals surface area contributed by atoms with Crippen LogP contribution in [0.25, 0.3) is 11.0 Å². The molecule has 158 valence electrons. The monoisotopic (exact) mass is 407 g/mol. The highest BCUT2D eigenvalue weighted by molar-refractivity contribution is 5.76. The van der Waals surface area contributed by atoms with Gasteiger partial charge in [-0.3, -0.25) is 9.36 Å². The zero-order valence-corrected chi connectivity index (χ0v) is 17.5. The number of benzene rings is 2. The second-order valence-electron chi connectivity index (χ2n) is 8.05. The third kappa shape index (κ3) is 4.58. The molecular weight excluding hydrogens is 378 g/mol. The SMILES string of the molecule is Cc1cccc(OCCCCC(=O)N2CCC(n3c(=O)[nH]c4ccccc43)CC2)c1. The topological polar surface area (TPSA) is 67.3 Å². The molecule has 2 aromatic carbocycles. The molecule has 0 radical (unpaired) electrons. The molecule has 1 aliphatic rings. The van der Waals surface area contributed by atoms with Gasteiger partial charge >= 0.3 is 5.69 Å². The molecule has 1 fully saturated rings. The summed E-state index contributed by atoms with van der Waals surface area (Å²) in [5.41, 5.74) is 2.94. The van der Waals surface area contributed by atoms with Crippen LogP contribution in [-0.4, -0.2) is 40.1 Å². The van der Waals surface area contributed by atoms with Crippen molar-refractivity contribution in [2.45, 2.75) is 45.1 Å². The lowest BCUT2D eigenvalue weighted by molar-refractivity contribution is -0.132. The van der Waals surface area contributed by atoms with Gasteiger partial charge in [0.25, 0.3) is 0 Å². The lowest BCUT2D eigenvalue weighted by atomic mass is 10.0. The van der Waals surface area contributed by atoms with Crippen molar-refractivity contribution in [1.29, 1.82) is 0 Å². The number of fused-ring (bicyclic) bond motifs is 1. The summed E-state index contributed by atoms with van der Waals surface area (Å²) in [6, 6.07) is 15.9. The maximum atomic E-state index is 12.6. The van der Waals surface area contributed by atoms with Crippen molar-refractivity contribution in [2.75, 3.05) is 19.7 Å². The van der Waals surface area contributed by atoms with Crippen LogP contribution in [0.5, 0.6) is 5.75 Å². The number of unbranched alkanes of at least 4 members (excludes halogenated alkanes) is 1. The summed E-state index contributed by atoms with van der Waals surface area (Å²) in [6.07, 6.45) is 3.86. The number of rotatable bonds is 7. The number of carbonyl (C=O) groups excluding carboxylic acids is 1. The quantitative estimate of drug-likeness (QED) is 0.601. The molecule has 0 aliphatic carbocycles. The van der Waals surface area contributed by atoms with E-state index in [1.165, 1.54) is 5.56 Å². The van der Waals surface area contributed by atoms with Crippen LogP contribution >= 0.6 is 0 Å². The highest BCUT2D eigenvalue weighted by atomic mass is 16.5. The molecule has 6 nitrogen and oxygen atoms in total. The van der Waals surface area contributed by atoms with Crippen LogP contribution in [0.3, 0.4) is 0 Å². The van der Waals surface area contributed by atoms with Crippen LogP contribution in [0.15, 0.2) is 53.3 Å². The van der Waals surface area contributed by atoms with Crippen molar-refractivity contribution in [3.8, 4) is 5.75 Å². The second kappa shape index (κ2) is 9.20. The summed E-state index contributed by atoms with van der Waals surface area (Å²) in [6.45, 7) is 4.08. The Bertz CT molecular complexity index is 1060. The smallest absolute Gasteiger partial charge is 0.326 e. The molecule has 1 aromatic heterocycles. The Labute approximate surface area is 176 Å². The number of carbonyl (C=O) groups is 1. The minimum absolute atomic E-state index is 0.0606. The summed E-state index contributed by atoms with van der Waals surface area (Å²) in [5.74, 6) is 1.09. The number of para-hydroxylation sites is 2. The van der Waals surface area contributed by atoms with E-state index < -0.39 is 0 Å². The van der Waals surface area contributed by atoms with Gasteiger partial charge in [-0.2, -0.15) is 0 Å². The standard InChI is InChI=1S/C24H29N3O3/c1-18-7-6-8-20(17-18)30-16-5-4-11-23(28)26-14-12-19(13-15-26)27-22-10-3-2-9-21(22)25-24(27)29/h2-3,6-10,17,19H,4-5,11-16H2,1H3,(H,25,29). The van der Waals surface area contributed by atoms with E-state index in [9.17, 15) is 9.59 Å². The average molecular weight is 408 g/mol. The maximum absolute atomic E-state index is 12.6. The lowest BCUT2D eigenvalue weighted by Crippen LogP contribution is -2.40. The summed E-state index contributed by atoms with van der Waals surface area (Å²) >= 11 is 0. The van der Waals surface area contributed by atoms with Crippen molar-refractivity contribution in [3.05, 3.63) is 64.6 Å². The number of hydrogen-bond donors (Lipinski definition) is 1. The zero-order chi connectivity index (χ0) is 20.9. The third-order valence-electron chi connectivity index (χ3n) is 5.85. The van der Waals surface area contributed by atoms with Crippen LogP contribution in [0, 0.1) is 6.92 Å². The van der Waals surface area contributed by atoms with Crippen LogP contribution < -0.4 is 10.4 Å². The van der Waals surface area contributed by atoms with Crippen LogP contribution in [0.4, 0.5) is 0 Å². The van der Waals surface area contributed by atoms with Gasteiger partial charge in [0.15, 0.2) is 0 Å². The molecule has 1 saturated heterocycles. The molecule has 0 unspecified atom stereocenters. The normalized spacial score (nSPS) is 14.9. The third-order valence-corrected chi connectivity index (χ3v) is 5.85. The van der Waals surface area contributed by atoms with E-state index in [2.05, 4.69) is 4.98 Å². The summed E-state index contributed by atoms with van der Waals surface area (Å²) in [5, 5.41) is 0. The van der Waals surface area contributed by atoms with Crippen LogP contribution in [0.2, 0.25) is 0 Å². The second-order valence-corrected chi connectivity index (χ2v) is 8.05. The fourth-order valence-corrected chi connectivity index (χ4v) is 4.24. The number of H-pyrrole nitrogens is 1. The Morgan fingerprint density at radius 2 is 1.90 bits per heavy atom. The van der Waals surface area contributed by atoms with E-state index >= 15 is 0 Å². The number of nitrogens with zero attached hydrogens (tertiary/aromatic N) is 2. The minimum atomic E-state index is -0.0606. The van der Waals surface area contributed by atoms with Crippen molar-refractivity contribution < 1.29 is 9.53 Å². The minimum Gasteiger partial charge on any atom is -0.494 e. The number of aromatic amines is 1. The van der Waals surface area contributed by atoms with Gasteiger partial charge in [0.05, 0.1) is 17.6 Å². The molecule has 0 saturated carbocycles. The predicted octanol–water partition coefficient (Wildman–Crippen LogP) is 4.05. The van der Waals surface area contributed by atoms with Gasteiger partial charge in [0, 0.05) is 25.6 Å². The number of amides is 1. The molecule has 1 N–H and O–H groups in total. The van der Waals surface area contributed by atoms with Crippen LogP contribution in [-0.2, 0) is 4.79 Å². The van der Waals surface area contributed by atoms with E-state index in [0.717, 1.165) is 42.5 Å². The largest absolute Gasteiger partial charge is 0.494 e. The summed E-state index contributed by atoms with van der Waals surface area (Å²) in [7, 11) is 0. The van der Waals surface area contributed by atoms with Gasteiger partial charge in [0.1, 0.15) is 5.75 Å². The Morgan fingerprint density at radius 3 is 2.70 bits per heavy atom. The average Bonchev–Trinajstić information content (AvgIpc) is 3.09. The molecule has 6 heteroatoms. The molecule has 3 aromatic rings. The van der Waals surface area contributed by atoms with Gasteiger partial charge in [-0.25, -0.2) is 4.79 Å². The summed E-state index contributed by atoms with van der Waals surface area (Å²) < 4.78 is 7.62. The Kier molecular flexibility index (Phi) is 6.21. The molecule has 0 spiro atoms. The molecule has 0 atom stereocenters. The molecular formula is C24H29N3O3. The fraction of sp³-hybridized carbons (Fsp3) is 0.417. The van der Waals surface area contributed by atoms with Gasteiger partial charge in [0.2, 0.25) is 5.91 Å². The number of ether oxygens (including phenoxy) is 1. The summed E-state index contributed by atoms with van der Waals surface area (Å²) in [4.78, 5) is 29.8. The lowest BCUT2D eigenvalue weighted by Gasteiger charge is -2.32. The number of aromatic nitrogens is 2. The zero-order valence-electron chi connectivity index (χ0n) is 17.5. The predicted molar refractivity (Wildman–Crippen MR) is 118 cm³/mol. The number of likely N-dealkylation sites (tertiary alicyclic amines) is 1. The number of hydrogen-bond acceptors (Lipinski definition) is 3. The van der Waals surface area contributed by atoms with Crippen molar-refractivity contribution in [3.63, 3.8) is 0 Å². The first-order chi connectivity index (χ1) is 14.6. The Balaban J connectivity index is 1.22. The van der Waals surface area contributed by atoms with Gasteiger partial charge in [-0.15, -0.1) is 0 Å². The van der Waals surface area contributed by atoms with Gasteiger partial charge < -0.3 is 14.6 Å². The van der Waals surface area contributed by atoms with E-state index in [-0.39, 0.29) is 17.6 Å². The molecule has 1 amide bonds. The van der Waals surface area contributed by atoms with Crippen LogP contribution in [0.1, 0.15) is 43.7 Å². The first kappa shape index (κ1) is 20.3. The van der Waals surface area contributed by atoms with E-state index in [1.54, 1.807) is 0 Å². The first-order valence-corrected chi connectivity index (χ1v) is 10.8. The number of piperidine rings is 1. The molecule has 2 heterocycles. The van der Waals surface area contributed by atoms with Crippen molar-refractivity contribution in [2.24, 2.45) is 0 Å². The highest BCUT2D eigenvalue weighted by Crippen LogP contribution is 2.25. The maximum Gasteiger partial charge on any atom is 0.326 e. The van der Waals surface area contributed by atoms with Crippen molar-refractivity contribution in [1.82, 2.24) is 14.5 Å². The fourth-order valence-electron chi connectivity index (χ4n) is 4.24. The Hall–Kier alpha value is -3.02. The van der Waals surface area contributed by atoms with E-state index in [0.29, 0.717) is 26.1 Å². The molecule has 0 bridgehead atoms. The number of nitrogens with one attached hydrogen (secondary N) is 1. The molecule has 1 aliphatic heterocycles. The van der Waals surface area contributed by atoms with E-state index in [4.69, 9.17) is 4.74 Å². The Morgan fingerprint density at radius 1 is 1.10 bits per heavy atom. The van der Waals surface area contributed by atoms with E-state index in [1.807, 2.05) is 64.9 Å². The van der Waals surface area contributed by atoms with Gasteiger partial charge in [-0.05, 0) is 62.4 Å². The number of aryl methyl sites for hydroxylation is 1. The first-order valence-electron chi connectivity index (χ1n) is 10.8. The number of imidazole rings is 1. The molecule has 30 heavy (non-hydrogen) atoms. The van der Waals surface area contributed by atoms with Gasteiger partial charge in [-0.1, -0.05) is 24.3 Å². The van der Waals surface area contributed by atoms with Crippen molar-refractivity contribution >= 4 is 16.9 Å². The molecule has 4 rings (SSSR count).